The number of benzene rings is 2. The van der Waals surface area contributed by atoms with Crippen molar-refractivity contribution in [3.8, 4) is 0 Å². The average Bonchev–Trinajstić information content (AvgIpc) is 2.72. The van der Waals surface area contributed by atoms with E-state index in [1.54, 1.807) is 19.1 Å². The topological polar surface area (TPSA) is 83.6 Å². The van der Waals surface area contributed by atoms with E-state index in [9.17, 15) is 16.8 Å². The van der Waals surface area contributed by atoms with Gasteiger partial charge in [-0.25, -0.2) is 16.8 Å². The van der Waals surface area contributed by atoms with Crippen molar-refractivity contribution in [3.05, 3.63) is 51.6 Å². The molecular formula is C23H32N2O4S2. The van der Waals surface area contributed by atoms with Crippen LogP contribution in [0.4, 0.5) is 5.69 Å². The number of piperidine rings is 1. The summed E-state index contributed by atoms with van der Waals surface area (Å²) in [5.41, 5.74) is 5.35. The molecule has 0 aliphatic carbocycles. The van der Waals surface area contributed by atoms with Crippen LogP contribution in [0.5, 0.6) is 0 Å². The number of hydrogen-bond acceptors (Lipinski definition) is 4. The second-order valence-electron chi connectivity index (χ2n) is 8.50. The Balaban J connectivity index is 2.05. The average molecular weight is 465 g/mol. The molecule has 0 amide bonds. The molecule has 3 rings (SSSR count). The Morgan fingerprint density at radius 1 is 0.742 bits per heavy atom. The molecule has 1 heterocycles. The smallest absolute Gasteiger partial charge is 0.262 e. The standard InChI is InChI=1S/C23H32N2O4S2/c1-15-10-11-21(31(28,29)25-12-8-7-9-13-25)14-22(15)24-30(26,27)23-19(5)17(3)16(2)18(4)20(23)6/h10-11,14,24H,7-9,12-13H2,1-6H3. The Morgan fingerprint density at radius 2 is 1.26 bits per heavy atom. The van der Waals surface area contributed by atoms with E-state index in [-0.39, 0.29) is 15.5 Å². The summed E-state index contributed by atoms with van der Waals surface area (Å²) in [4.78, 5) is 0.374. The third kappa shape index (κ3) is 4.38. The van der Waals surface area contributed by atoms with Gasteiger partial charge in [-0.15, -0.1) is 0 Å². The van der Waals surface area contributed by atoms with Crippen molar-refractivity contribution < 1.29 is 16.8 Å². The van der Waals surface area contributed by atoms with Gasteiger partial charge in [-0.1, -0.05) is 12.5 Å². The fraction of sp³-hybridized carbons (Fsp3) is 0.478. The SMILES string of the molecule is Cc1ccc(S(=O)(=O)N2CCCCC2)cc1NS(=O)(=O)c1c(C)c(C)c(C)c(C)c1C. The van der Waals surface area contributed by atoms with E-state index in [0.29, 0.717) is 29.8 Å². The third-order valence-electron chi connectivity index (χ3n) is 6.61. The lowest BCUT2D eigenvalue weighted by Crippen LogP contribution is -2.35. The lowest BCUT2D eigenvalue weighted by atomic mass is 9.95. The molecule has 1 aliphatic rings. The Kier molecular flexibility index (Phi) is 6.56. The summed E-state index contributed by atoms with van der Waals surface area (Å²) >= 11 is 0. The highest BCUT2D eigenvalue weighted by Gasteiger charge is 2.28. The summed E-state index contributed by atoms with van der Waals surface area (Å²) in [5, 5.41) is 0. The fourth-order valence-corrected chi connectivity index (χ4v) is 7.46. The van der Waals surface area contributed by atoms with Crippen LogP contribution in [0, 0.1) is 41.5 Å². The quantitative estimate of drug-likeness (QED) is 0.706. The maximum atomic E-state index is 13.4. The maximum absolute atomic E-state index is 13.4. The highest BCUT2D eigenvalue weighted by molar-refractivity contribution is 7.92. The van der Waals surface area contributed by atoms with Crippen LogP contribution in [0.3, 0.4) is 0 Å². The second-order valence-corrected chi connectivity index (χ2v) is 12.1. The molecule has 0 saturated carbocycles. The summed E-state index contributed by atoms with van der Waals surface area (Å²) in [7, 11) is -7.56. The van der Waals surface area contributed by atoms with Gasteiger partial charge >= 0.3 is 0 Å². The summed E-state index contributed by atoms with van der Waals surface area (Å²) < 4.78 is 57.1. The van der Waals surface area contributed by atoms with E-state index in [2.05, 4.69) is 4.72 Å². The van der Waals surface area contributed by atoms with Gasteiger partial charge in [0.15, 0.2) is 0 Å². The number of aryl methyl sites for hydroxylation is 1. The maximum Gasteiger partial charge on any atom is 0.262 e. The zero-order valence-corrected chi connectivity index (χ0v) is 20.8. The molecule has 0 aromatic heterocycles. The predicted octanol–water partition coefficient (Wildman–Crippen LogP) is 4.51. The van der Waals surface area contributed by atoms with Crippen LogP contribution in [0.25, 0.3) is 0 Å². The van der Waals surface area contributed by atoms with Gasteiger partial charge in [-0.2, -0.15) is 4.31 Å². The molecule has 31 heavy (non-hydrogen) atoms. The van der Waals surface area contributed by atoms with Crippen LogP contribution in [0.2, 0.25) is 0 Å². The Bertz CT molecular complexity index is 1200. The molecule has 2 aromatic rings. The van der Waals surface area contributed by atoms with Crippen LogP contribution >= 0.6 is 0 Å². The van der Waals surface area contributed by atoms with E-state index in [4.69, 9.17) is 0 Å². The molecule has 0 spiro atoms. The van der Waals surface area contributed by atoms with Gasteiger partial charge in [0.25, 0.3) is 10.0 Å². The molecular weight excluding hydrogens is 432 g/mol. The minimum atomic E-state index is -3.90. The van der Waals surface area contributed by atoms with Crippen LogP contribution < -0.4 is 4.72 Å². The van der Waals surface area contributed by atoms with E-state index >= 15 is 0 Å². The van der Waals surface area contributed by atoms with E-state index < -0.39 is 20.0 Å². The van der Waals surface area contributed by atoms with Gasteiger partial charge < -0.3 is 0 Å². The first-order valence-corrected chi connectivity index (χ1v) is 13.5. The molecule has 0 radical (unpaired) electrons. The summed E-state index contributed by atoms with van der Waals surface area (Å²) in [5.74, 6) is 0. The summed E-state index contributed by atoms with van der Waals surface area (Å²) in [6, 6.07) is 4.64. The van der Waals surface area contributed by atoms with E-state index in [1.807, 2.05) is 34.6 Å². The van der Waals surface area contributed by atoms with Crippen molar-refractivity contribution in [2.24, 2.45) is 0 Å². The summed E-state index contributed by atoms with van der Waals surface area (Å²) in [6.07, 6.45) is 2.71. The molecule has 8 heteroatoms. The number of nitrogens with one attached hydrogen (secondary N) is 1. The normalized spacial score (nSPS) is 15.8. The van der Waals surface area contributed by atoms with Gasteiger partial charge in [0, 0.05) is 13.1 Å². The fourth-order valence-electron chi connectivity index (χ4n) is 4.19. The number of sulfonamides is 2. The first kappa shape index (κ1) is 23.8. The van der Waals surface area contributed by atoms with Crippen LogP contribution in [0.1, 0.15) is 52.6 Å². The molecule has 1 aliphatic heterocycles. The molecule has 2 aromatic carbocycles. The number of hydrogen-bond donors (Lipinski definition) is 1. The molecule has 0 bridgehead atoms. The van der Waals surface area contributed by atoms with Crippen molar-refractivity contribution in [2.75, 3.05) is 17.8 Å². The van der Waals surface area contributed by atoms with Crippen molar-refractivity contribution in [3.63, 3.8) is 0 Å². The first-order valence-electron chi connectivity index (χ1n) is 10.6. The van der Waals surface area contributed by atoms with Crippen molar-refractivity contribution >= 4 is 25.7 Å². The predicted molar refractivity (Wildman–Crippen MR) is 125 cm³/mol. The van der Waals surface area contributed by atoms with E-state index in [1.165, 1.54) is 10.4 Å². The minimum Gasteiger partial charge on any atom is -0.279 e. The Labute approximate surface area is 186 Å². The largest absolute Gasteiger partial charge is 0.279 e. The molecule has 170 valence electrons. The van der Waals surface area contributed by atoms with Crippen molar-refractivity contribution in [1.82, 2.24) is 4.31 Å². The van der Waals surface area contributed by atoms with Gasteiger partial charge in [-0.05, 0) is 99.9 Å². The Hall–Kier alpha value is -1.90. The van der Waals surface area contributed by atoms with Gasteiger partial charge in [0.2, 0.25) is 10.0 Å². The van der Waals surface area contributed by atoms with Crippen LogP contribution in [-0.4, -0.2) is 34.2 Å². The molecule has 1 fully saturated rings. The highest BCUT2D eigenvalue weighted by atomic mass is 32.2. The molecule has 1 N–H and O–H groups in total. The second kappa shape index (κ2) is 8.56. The lowest BCUT2D eigenvalue weighted by Gasteiger charge is -2.26. The van der Waals surface area contributed by atoms with Crippen molar-refractivity contribution in [1.29, 1.82) is 0 Å². The zero-order chi connectivity index (χ0) is 23.1. The molecule has 0 unspecified atom stereocenters. The first-order chi connectivity index (χ1) is 14.4. The molecule has 1 saturated heterocycles. The number of rotatable bonds is 5. The van der Waals surface area contributed by atoms with Crippen molar-refractivity contribution in [2.45, 2.75) is 70.6 Å². The molecule has 6 nitrogen and oxygen atoms in total. The lowest BCUT2D eigenvalue weighted by molar-refractivity contribution is 0.346. The van der Waals surface area contributed by atoms with Gasteiger partial charge in [0.05, 0.1) is 15.5 Å². The van der Waals surface area contributed by atoms with Crippen LogP contribution in [-0.2, 0) is 20.0 Å². The minimum absolute atomic E-state index is 0.113. The molecule has 0 atom stereocenters. The zero-order valence-electron chi connectivity index (χ0n) is 19.2. The highest BCUT2D eigenvalue weighted by Crippen LogP contribution is 2.32. The third-order valence-corrected chi connectivity index (χ3v) is 10.1. The summed E-state index contributed by atoms with van der Waals surface area (Å²) in [6.45, 7) is 12.2. The Morgan fingerprint density at radius 3 is 1.81 bits per heavy atom. The van der Waals surface area contributed by atoms with Gasteiger partial charge in [0.1, 0.15) is 0 Å². The number of nitrogens with zero attached hydrogens (tertiary/aromatic N) is 1. The van der Waals surface area contributed by atoms with Crippen LogP contribution in [0.15, 0.2) is 28.0 Å². The number of anilines is 1. The monoisotopic (exact) mass is 464 g/mol. The van der Waals surface area contributed by atoms with E-state index in [0.717, 1.165) is 36.0 Å². The van der Waals surface area contributed by atoms with Gasteiger partial charge in [-0.3, -0.25) is 4.72 Å².